The highest BCUT2D eigenvalue weighted by atomic mass is 35.5. The third-order valence-electron chi connectivity index (χ3n) is 3.41. The second-order valence-corrected chi connectivity index (χ2v) is 6.69. The average Bonchev–Trinajstić information content (AvgIpc) is 2.69. The van der Waals surface area contributed by atoms with Gasteiger partial charge in [-0.15, -0.1) is 11.3 Å². The molecule has 3 heteroatoms. The van der Waals surface area contributed by atoms with E-state index in [-0.39, 0.29) is 0 Å². The zero-order chi connectivity index (χ0) is 13.4. The van der Waals surface area contributed by atoms with Crippen molar-refractivity contribution in [1.29, 1.82) is 0 Å². The number of thiophene rings is 1. The first-order valence-electron chi connectivity index (χ1n) is 7.12. The van der Waals surface area contributed by atoms with E-state index in [2.05, 4.69) is 25.2 Å². The van der Waals surface area contributed by atoms with E-state index in [1.165, 1.54) is 55.4 Å². The van der Waals surface area contributed by atoms with Gasteiger partial charge in [0, 0.05) is 10.9 Å². The maximum atomic E-state index is 6.14. The van der Waals surface area contributed by atoms with E-state index in [9.17, 15) is 0 Å². The smallest absolute Gasteiger partial charge is 0.0960 e. The highest BCUT2D eigenvalue weighted by Crippen LogP contribution is 2.33. The van der Waals surface area contributed by atoms with Crippen LogP contribution in [0.1, 0.15) is 68.4 Å². The molecule has 1 nitrogen and oxygen atoms in total. The molecule has 0 aromatic carbocycles. The topological polar surface area (TPSA) is 12.0 Å². The van der Waals surface area contributed by atoms with Crippen molar-refractivity contribution in [3.63, 3.8) is 0 Å². The lowest BCUT2D eigenvalue weighted by Gasteiger charge is -2.14. The summed E-state index contributed by atoms with van der Waals surface area (Å²) in [4.78, 5) is 1.38. The fourth-order valence-electron chi connectivity index (χ4n) is 2.21. The molecular formula is C15H26ClNS. The SMILES string of the molecule is CCCCCCCCC(NC)c1cc(C)c(Cl)s1. The summed E-state index contributed by atoms with van der Waals surface area (Å²) in [5.74, 6) is 0. The summed E-state index contributed by atoms with van der Waals surface area (Å²) in [6.07, 6.45) is 9.37. The van der Waals surface area contributed by atoms with E-state index in [0.29, 0.717) is 6.04 Å². The molecule has 0 saturated heterocycles. The molecule has 0 aliphatic rings. The predicted octanol–water partition coefficient (Wildman–Crippen LogP) is 5.72. The third-order valence-corrected chi connectivity index (χ3v) is 5.08. The average molecular weight is 288 g/mol. The Morgan fingerprint density at radius 3 is 2.44 bits per heavy atom. The molecule has 1 aromatic heterocycles. The number of unbranched alkanes of at least 4 members (excludes halogenated alkanes) is 5. The zero-order valence-electron chi connectivity index (χ0n) is 11.9. The summed E-state index contributed by atoms with van der Waals surface area (Å²) >= 11 is 7.86. The summed E-state index contributed by atoms with van der Waals surface area (Å²) in [6.45, 7) is 4.35. The molecule has 1 atom stereocenters. The van der Waals surface area contributed by atoms with Crippen LogP contribution in [0.3, 0.4) is 0 Å². The van der Waals surface area contributed by atoms with E-state index in [4.69, 9.17) is 11.6 Å². The van der Waals surface area contributed by atoms with Gasteiger partial charge in [-0.2, -0.15) is 0 Å². The van der Waals surface area contributed by atoms with Crippen LogP contribution in [0.5, 0.6) is 0 Å². The normalized spacial score (nSPS) is 12.9. The first kappa shape index (κ1) is 16.0. The number of nitrogens with one attached hydrogen (secondary N) is 1. The molecule has 104 valence electrons. The molecule has 0 spiro atoms. The van der Waals surface area contributed by atoms with Crippen LogP contribution in [0, 0.1) is 6.92 Å². The summed E-state index contributed by atoms with van der Waals surface area (Å²) < 4.78 is 0.938. The van der Waals surface area contributed by atoms with E-state index in [1.54, 1.807) is 11.3 Å². The predicted molar refractivity (Wildman–Crippen MR) is 83.9 cm³/mol. The maximum Gasteiger partial charge on any atom is 0.0960 e. The van der Waals surface area contributed by atoms with Crippen molar-refractivity contribution in [2.24, 2.45) is 0 Å². The van der Waals surface area contributed by atoms with Gasteiger partial charge in [-0.05, 0) is 32.0 Å². The Morgan fingerprint density at radius 1 is 1.22 bits per heavy atom. The van der Waals surface area contributed by atoms with Crippen LogP contribution in [0.15, 0.2) is 6.07 Å². The van der Waals surface area contributed by atoms with E-state index in [1.807, 2.05) is 7.05 Å². The Bertz CT molecular complexity index is 316. The summed E-state index contributed by atoms with van der Waals surface area (Å²) in [5, 5.41) is 3.41. The van der Waals surface area contributed by atoms with Crippen molar-refractivity contribution in [3.8, 4) is 0 Å². The Kier molecular flexibility index (Phi) is 7.96. The lowest BCUT2D eigenvalue weighted by molar-refractivity contribution is 0.503. The zero-order valence-corrected chi connectivity index (χ0v) is 13.5. The monoisotopic (exact) mass is 287 g/mol. The van der Waals surface area contributed by atoms with Gasteiger partial charge in [-0.3, -0.25) is 0 Å². The molecule has 18 heavy (non-hydrogen) atoms. The number of rotatable bonds is 9. The Hall–Kier alpha value is -0.0500. The fourth-order valence-corrected chi connectivity index (χ4v) is 3.58. The van der Waals surface area contributed by atoms with Gasteiger partial charge in [0.25, 0.3) is 0 Å². The molecule has 1 aromatic rings. The molecule has 0 bridgehead atoms. The molecule has 1 unspecified atom stereocenters. The van der Waals surface area contributed by atoms with Crippen molar-refractivity contribution in [1.82, 2.24) is 5.32 Å². The van der Waals surface area contributed by atoms with Crippen LogP contribution in [0.25, 0.3) is 0 Å². The Labute approximate surface area is 121 Å². The second-order valence-electron chi connectivity index (χ2n) is 5.00. The van der Waals surface area contributed by atoms with Crippen molar-refractivity contribution < 1.29 is 0 Å². The van der Waals surface area contributed by atoms with Gasteiger partial charge in [0.15, 0.2) is 0 Å². The standard InChI is InChI=1S/C15H26ClNS/c1-4-5-6-7-8-9-10-13(17-3)14-11-12(2)15(16)18-14/h11,13,17H,4-10H2,1-3H3. The summed E-state index contributed by atoms with van der Waals surface area (Å²) in [5.41, 5.74) is 1.21. The number of hydrogen-bond donors (Lipinski definition) is 1. The molecule has 0 radical (unpaired) electrons. The van der Waals surface area contributed by atoms with Crippen LogP contribution in [-0.2, 0) is 0 Å². The van der Waals surface area contributed by atoms with Crippen molar-refractivity contribution in [2.45, 2.75) is 64.8 Å². The number of aryl methyl sites for hydroxylation is 1. The second kappa shape index (κ2) is 8.95. The van der Waals surface area contributed by atoms with Gasteiger partial charge in [0.05, 0.1) is 4.34 Å². The molecule has 1 rings (SSSR count). The molecule has 1 heterocycles. The van der Waals surface area contributed by atoms with Crippen LogP contribution < -0.4 is 5.32 Å². The van der Waals surface area contributed by atoms with Crippen LogP contribution in [0.4, 0.5) is 0 Å². The fraction of sp³-hybridized carbons (Fsp3) is 0.733. The highest BCUT2D eigenvalue weighted by Gasteiger charge is 2.13. The van der Waals surface area contributed by atoms with Gasteiger partial charge in [0.1, 0.15) is 0 Å². The minimum atomic E-state index is 0.479. The van der Waals surface area contributed by atoms with Gasteiger partial charge in [-0.25, -0.2) is 0 Å². The first-order valence-corrected chi connectivity index (χ1v) is 8.31. The molecule has 0 amide bonds. The molecule has 0 aliphatic carbocycles. The molecule has 1 N–H and O–H groups in total. The molecule has 0 saturated carbocycles. The quantitative estimate of drug-likeness (QED) is 0.573. The summed E-state index contributed by atoms with van der Waals surface area (Å²) in [6, 6.07) is 2.71. The van der Waals surface area contributed by atoms with Crippen LogP contribution in [0.2, 0.25) is 4.34 Å². The van der Waals surface area contributed by atoms with E-state index in [0.717, 1.165) is 4.34 Å². The third kappa shape index (κ3) is 5.29. The van der Waals surface area contributed by atoms with Crippen molar-refractivity contribution in [3.05, 3.63) is 20.8 Å². The van der Waals surface area contributed by atoms with Gasteiger partial charge in [0.2, 0.25) is 0 Å². The minimum Gasteiger partial charge on any atom is -0.312 e. The molecule has 0 aliphatic heterocycles. The first-order chi connectivity index (χ1) is 8.69. The van der Waals surface area contributed by atoms with Gasteiger partial charge < -0.3 is 5.32 Å². The van der Waals surface area contributed by atoms with Gasteiger partial charge >= 0.3 is 0 Å². The molecule has 0 fully saturated rings. The van der Waals surface area contributed by atoms with Gasteiger partial charge in [-0.1, -0.05) is 57.0 Å². The minimum absolute atomic E-state index is 0.479. The number of hydrogen-bond acceptors (Lipinski definition) is 2. The van der Waals surface area contributed by atoms with Crippen LogP contribution >= 0.6 is 22.9 Å². The lowest BCUT2D eigenvalue weighted by atomic mass is 10.0. The van der Waals surface area contributed by atoms with Crippen molar-refractivity contribution in [2.75, 3.05) is 7.05 Å². The lowest BCUT2D eigenvalue weighted by Crippen LogP contribution is -2.14. The van der Waals surface area contributed by atoms with E-state index >= 15 is 0 Å². The Morgan fingerprint density at radius 2 is 1.89 bits per heavy atom. The van der Waals surface area contributed by atoms with Crippen molar-refractivity contribution >= 4 is 22.9 Å². The highest BCUT2D eigenvalue weighted by molar-refractivity contribution is 7.16. The maximum absolute atomic E-state index is 6.14. The number of halogens is 1. The Balaban J connectivity index is 2.29. The summed E-state index contributed by atoms with van der Waals surface area (Å²) in [7, 11) is 2.05. The largest absolute Gasteiger partial charge is 0.312 e. The van der Waals surface area contributed by atoms with Crippen LogP contribution in [-0.4, -0.2) is 7.05 Å². The molecular weight excluding hydrogens is 262 g/mol. The van der Waals surface area contributed by atoms with E-state index < -0.39 is 0 Å².